The van der Waals surface area contributed by atoms with Crippen LogP contribution in [0.1, 0.15) is 46.0 Å². The standard InChI is InChI=1S/C11H23N/c1-4-9(2)5-8-11(12-3)10-6-7-10/h9-12H,4-8H2,1-3H3. The second kappa shape index (κ2) is 4.86. The summed E-state index contributed by atoms with van der Waals surface area (Å²) in [6.07, 6.45) is 7.05. The molecule has 12 heavy (non-hydrogen) atoms. The van der Waals surface area contributed by atoms with Gasteiger partial charge in [0, 0.05) is 6.04 Å². The van der Waals surface area contributed by atoms with Gasteiger partial charge in [0.2, 0.25) is 0 Å². The lowest BCUT2D eigenvalue weighted by molar-refractivity contribution is 0.400. The van der Waals surface area contributed by atoms with Crippen LogP contribution in [-0.2, 0) is 0 Å². The summed E-state index contributed by atoms with van der Waals surface area (Å²) in [7, 11) is 2.11. The minimum absolute atomic E-state index is 0.819. The molecule has 1 nitrogen and oxygen atoms in total. The number of rotatable bonds is 6. The molecule has 0 saturated heterocycles. The Hall–Kier alpha value is -0.0400. The first-order valence-corrected chi connectivity index (χ1v) is 5.45. The lowest BCUT2D eigenvalue weighted by Gasteiger charge is -2.17. The Kier molecular flexibility index (Phi) is 4.07. The average Bonchev–Trinajstić information content (AvgIpc) is 2.89. The molecule has 0 bridgehead atoms. The fraction of sp³-hybridized carbons (Fsp3) is 1.00. The van der Waals surface area contributed by atoms with E-state index in [2.05, 4.69) is 26.2 Å². The van der Waals surface area contributed by atoms with Crippen LogP contribution in [0.3, 0.4) is 0 Å². The summed E-state index contributed by atoms with van der Waals surface area (Å²) >= 11 is 0. The Morgan fingerprint density at radius 3 is 2.42 bits per heavy atom. The molecule has 1 saturated carbocycles. The van der Waals surface area contributed by atoms with E-state index >= 15 is 0 Å². The molecule has 0 aromatic rings. The molecule has 0 aromatic heterocycles. The molecule has 0 aromatic carbocycles. The summed E-state index contributed by atoms with van der Waals surface area (Å²) < 4.78 is 0. The van der Waals surface area contributed by atoms with E-state index in [0.29, 0.717) is 0 Å². The molecule has 1 aliphatic rings. The highest BCUT2D eigenvalue weighted by Gasteiger charge is 2.29. The molecular formula is C11H23N. The van der Waals surface area contributed by atoms with Crippen molar-refractivity contribution in [2.24, 2.45) is 11.8 Å². The third-order valence-corrected chi connectivity index (χ3v) is 3.23. The lowest BCUT2D eigenvalue weighted by atomic mass is 9.97. The average molecular weight is 169 g/mol. The van der Waals surface area contributed by atoms with Crippen LogP contribution in [0, 0.1) is 11.8 Å². The SMILES string of the molecule is CCC(C)CCC(NC)C1CC1. The second-order valence-corrected chi connectivity index (χ2v) is 4.32. The molecule has 0 heterocycles. The van der Waals surface area contributed by atoms with Crippen LogP contribution in [0.15, 0.2) is 0 Å². The molecule has 2 atom stereocenters. The van der Waals surface area contributed by atoms with E-state index in [1.54, 1.807) is 0 Å². The molecule has 72 valence electrons. The highest BCUT2D eigenvalue weighted by Crippen LogP contribution is 2.34. The van der Waals surface area contributed by atoms with Gasteiger partial charge in [-0.05, 0) is 44.6 Å². The van der Waals surface area contributed by atoms with Gasteiger partial charge in [-0.15, -0.1) is 0 Å². The maximum atomic E-state index is 3.44. The minimum atomic E-state index is 0.819. The largest absolute Gasteiger partial charge is 0.317 e. The second-order valence-electron chi connectivity index (χ2n) is 4.32. The third kappa shape index (κ3) is 3.14. The molecule has 1 heteroatoms. The zero-order valence-corrected chi connectivity index (χ0v) is 8.77. The topological polar surface area (TPSA) is 12.0 Å². The van der Waals surface area contributed by atoms with E-state index in [1.165, 1.54) is 32.1 Å². The fourth-order valence-corrected chi connectivity index (χ4v) is 1.78. The Balaban J connectivity index is 2.10. The van der Waals surface area contributed by atoms with Crippen molar-refractivity contribution in [2.45, 2.75) is 52.0 Å². The van der Waals surface area contributed by atoms with Crippen LogP contribution in [0.5, 0.6) is 0 Å². The van der Waals surface area contributed by atoms with Crippen molar-refractivity contribution < 1.29 is 0 Å². The van der Waals surface area contributed by atoms with E-state index in [9.17, 15) is 0 Å². The first kappa shape index (κ1) is 10.0. The van der Waals surface area contributed by atoms with Crippen molar-refractivity contribution in [3.8, 4) is 0 Å². The normalized spacial score (nSPS) is 22.2. The van der Waals surface area contributed by atoms with Crippen LogP contribution in [0.4, 0.5) is 0 Å². The predicted molar refractivity (Wildman–Crippen MR) is 54.3 cm³/mol. The smallest absolute Gasteiger partial charge is 0.00924 e. The van der Waals surface area contributed by atoms with E-state index in [0.717, 1.165) is 17.9 Å². The number of nitrogens with one attached hydrogen (secondary N) is 1. The maximum absolute atomic E-state index is 3.44. The first-order chi connectivity index (χ1) is 5.77. The van der Waals surface area contributed by atoms with Gasteiger partial charge in [0.1, 0.15) is 0 Å². The zero-order chi connectivity index (χ0) is 8.97. The first-order valence-electron chi connectivity index (χ1n) is 5.45. The van der Waals surface area contributed by atoms with Crippen LogP contribution in [0.25, 0.3) is 0 Å². The minimum Gasteiger partial charge on any atom is -0.317 e. The quantitative estimate of drug-likeness (QED) is 0.644. The summed E-state index contributed by atoms with van der Waals surface area (Å²) in [5.74, 6) is 1.93. The van der Waals surface area contributed by atoms with Gasteiger partial charge < -0.3 is 5.32 Å². The summed E-state index contributed by atoms with van der Waals surface area (Å²) in [5.41, 5.74) is 0. The summed E-state index contributed by atoms with van der Waals surface area (Å²) in [5, 5.41) is 3.44. The summed E-state index contributed by atoms with van der Waals surface area (Å²) in [4.78, 5) is 0. The maximum Gasteiger partial charge on any atom is 0.00924 e. The van der Waals surface area contributed by atoms with Gasteiger partial charge in [-0.2, -0.15) is 0 Å². The highest BCUT2D eigenvalue weighted by atomic mass is 14.9. The van der Waals surface area contributed by atoms with Crippen molar-refractivity contribution >= 4 is 0 Å². The van der Waals surface area contributed by atoms with Crippen LogP contribution in [-0.4, -0.2) is 13.1 Å². The van der Waals surface area contributed by atoms with E-state index < -0.39 is 0 Å². The van der Waals surface area contributed by atoms with Gasteiger partial charge in [-0.25, -0.2) is 0 Å². The van der Waals surface area contributed by atoms with Crippen molar-refractivity contribution in [2.75, 3.05) is 7.05 Å². The van der Waals surface area contributed by atoms with Crippen LogP contribution in [0.2, 0.25) is 0 Å². The summed E-state index contributed by atoms with van der Waals surface area (Å²) in [6.45, 7) is 4.65. The number of hydrogen-bond donors (Lipinski definition) is 1. The van der Waals surface area contributed by atoms with Crippen molar-refractivity contribution in [3.63, 3.8) is 0 Å². The fourth-order valence-electron chi connectivity index (χ4n) is 1.78. The molecule has 1 fully saturated rings. The molecule has 0 aliphatic heterocycles. The van der Waals surface area contributed by atoms with Crippen LogP contribution < -0.4 is 5.32 Å². The number of hydrogen-bond acceptors (Lipinski definition) is 1. The van der Waals surface area contributed by atoms with E-state index in [4.69, 9.17) is 0 Å². The monoisotopic (exact) mass is 169 g/mol. The Bertz CT molecular complexity index is 118. The van der Waals surface area contributed by atoms with Crippen LogP contribution >= 0.6 is 0 Å². The van der Waals surface area contributed by atoms with Crippen molar-refractivity contribution in [1.82, 2.24) is 5.32 Å². The Morgan fingerprint density at radius 1 is 1.33 bits per heavy atom. The molecule has 2 unspecified atom stereocenters. The van der Waals surface area contributed by atoms with Gasteiger partial charge in [-0.1, -0.05) is 20.3 Å². The van der Waals surface area contributed by atoms with Gasteiger partial charge in [-0.3, -0.25) is 0 Å². The van der Waals surface area contributed by atoms with Crippen molar-refractivity contribution in [1.29, 1.82) is 0 Å². The predicted octanol–water partition coefficient (Wildman–Crippen LogP) is 2.81. The van der Waals surface area contributed by atoms with Gasteiger partial charge in [0.05, 0.1) is 0 Å². The van der Waals surface area contributed by atoms with Crippen molar-refractivity contribution in [3.05, 3.63) is 0 Å². The van der Waals surface area contributed by atoms with Gasteiger partial charge >= 0.3 is 0 Å². The molecule has 1 aliphatic carbocycles. The van der Waals surface area contributed by atoms with Gasteiger partial charge in [0.25, 0.3) is 0 Å². The van der Waals surface area contributed by atoms with Gasteiger partial charge in [0.15, 0.2) is 0 Å². The zero-order valence-electron chi connectivity index (χ0n) is 8.77. The summed E-state index contributed by atoms with van der Waals surface area (Å²) in [6, 6.07) is 0.819. The highest BCUT2D eigenvalue weighted by molar-refractivity contribution is 4.85. The third-order valence-electron chi connectivity index (χ3n) is 3.23. The molecule has 0 amide bonds. The molecular weight excluding hydrogens is 146 g/mol. The molecule has 0 spiro atoms. The van der Waals surface area contributed by atoms with E-state index in [-0.39, 0.29) is 0 Å². The Morgan fingerprint density at radius 2 is 2.00 bits per heavy atom. The van der Waals surface area contributed by atoms with E-state index in [1.807, 2.05) is 0 Å². The molecule has 1 N–H and O–H groups in total. The molecule has 0 radical (unpaired) electrons. The Labute approximate surface area is 76.9 Å². The lowest BCUT2D eigenvalue weighted by Crippen LogP contribution is -2.27. The molecule has 1 rings (SSSR count).